The highest BCUT2D eigenvalue weighted by molar-refractivity contribution is 6.00. The van der Waals surface area contributed by atoms with Crippen LogP contribution < -0.4 is 10.1 Å². The fourth-order valence-corrected chi connectivity index (χ4v) is 2.02. The zero-order chi connectivity index (χ0) is 15.2. The second kappa shape index (κ2) is 6.74. The first-order valence-electron chi connectivity index (χ1n) is 6.78. The smallest absolute Gasteiger partial charge is 0.339 e. The van der Waals surface area contributed by atoms with Crippen LogP contribution in [0.25, 0.3) is 10.8 Å². The topological polar surface area (TPSA) is 75.6 Å². The van der Waals surface area contributed by atoms with Crippen molar-refractivity contribution < 1.29 is 19.4 Å². The third kappa shape index (κ3) is 3.51. The van der Waals surface area contributed by atoms with Crippen LogP contribution in [0.1, 0.15) is 23.7 Å². The molecule has 0 spiro atoms. The average molecular weight is 287 g/mol. The Labute approximate surface area is 122 Å². The maximum Gasteiger partial charge on any atom is 0.339 e. The number of aromatic carboxylic acids is 1. The molecule has 0 aromatic heterocycles. The molecule has 0 aliphatic heterocycles. The molecule has 0 heterocycles. The molecule has 0 radical (unpaired) electrons. The Morgan fingerprint density at radius 2 is 1.95 bits per heavy atom. The number of fused-ring (bicyclic) bond motifs is 1. The van der Waals surface area contributed by atoms with Crippen molar-refractivity contribution >= 4 is 22.6 Å². The van der Waals surface area contributed by atoms with E-state index in [1.807, 2.05) is 19.1 Å². The normalized spacial score (nSPS) is 10.3. The van der Waals surface area contributed by atoms with Gasteiger partial charge in [0.25, 0.3) is 5.91 Å². The minimum Gasteiger partial charge on any atom is -0.482 e. The van der Waals surface area contributed by atoms with Gasteiger partial charge in [-0.3, -0.25) is 4.79 Å². The number of carboxylic acid groups (broad SMARTS) is 1. The van der Waals surface area contributed by atoms with Gasteiger partial charge < -0.3 is 15.2 Å². The first-order chi connectivity index (χ1) is 10.1. The summed E-state index contributed by atoms with van der Waals surface area (Å²) >= 11 is 0. The summed E-state index contributed by atoms with van der Waals surface area (Å²) in [6.07, 6.45) is 0.834. The van der Waals surface area contributed by atoms with Crippen LogP contribution in [-0.2, 0) is 4.79 Å². The molecule has 21 heavy (non-hydrogen) atoms. The molecule has 110 valence electrons. The van der Waals surface area contributed by atoms with Gasteiger partial charge in [-0.2, -0.15) is 0 Å². The van der Waals surface area contributed by atoms with Gasteiger partial charge >= 0.3 is 5.97 Å². The Bertz CT molecular complexity index is 666. The van der Waals surface area contributed by atoms with Crippen LogP contribution >= 0.6 is 0 Å². The zero-order valence-electron chi connectivity index (χ0n) is 11.8. The van der Waals surface area contributed by atoms with E-state index < -0.39 is 5.97 Å². The van der Waals surface area contributed by atoms with E-state index in [0.717, 1.165) is 11.8 Å². The van der Waals surface area contributed by atoms with Crippen molar-refractivity contribution in [1.29, 1.82) is 0 Å². The first-order valence-corrected chi connectivity index (χ1v) is 6.78. The molecular weight excluding hydrogens is 270 g/mol. The van der Waals surface area contributed by atoms with E-state index in [2.05, 4.69) is 5.32 Å². The van der Waals surface area contributed by atoms with Crippen molar-refractivity contribution in [3.05, 3.63) is 42.0 Å². The molecule has 5 heteroatoms. The molecule has 2 N–H and O–H groups in total. The van der Waals surface area contributed by atoms with Crippen LogP contribution in [0.3, 0.4) is 0 Å². The molecule has 0 saturated heterocycles. The molecule has 0 atom stereocenters. The first kappa shape index (κ1) is 14.8. The summed E-state index contributed by atoms with van der Waals surface area (Å²) in [4.78, 5) is 22.9. The maximum absolute atomic E-state index is 11.6. The SMILES string of the molecule is CCCNC(=O)COc1c(C(=O)O)ccc2ccccc12. The van der Waals surface area contributed by atoms with Crippen molar-refractivity contribution in [2.45, 2.75) is 13.3 Å². The number of benzene rings is 2. The molecule has 0 unspecified atom stereocenters. The molecule has 1 amide bonds. The molecule has 5 nitrogen and oxygen atoms in total. The number of ether oxygens (including phenoxy) is 1. The lowest BCUT2D eigenvalue weighted by Gasteiger charge is -2.12. The van der Waals surface area contributed by atoms with Crippen LogP contribution in [0.4, 0.5) is 0 Å². The van der Waals surface area contributed by atoms with Crippen molar-refractivity contribution in [2.24, 2.45) is 0 Å². The number of carbonyl (C=O) groups is 2. The summed E-state index contributed by atoms with van der Waals surface area (Å²) in [5.41, 5.74) is 0.0528. The number of hydrogen-bond acceptors (Lipinski definition) is 3. The van der Waals surface area contributed by atoms with Crippen LogP contribution in [0.2, 0.25) is 0 Å². The Hall–Kier alpha value is -2.56. The third-order valence-corrected chi connectivity index (χ3v) is 3.03. The van der Waals surface area contributed by atoms with Gasteiger partial charge in [0.05, 0.1) is 0 Å². The van der Waals surface area contributed by atoms with E-state index >= 15 is 0 Å². The van der Waals surface area contributed by atoms with Gasteiger partial charge in [0, 0.05) is 11.9 Å². The standard InChI is InChI=1S/C16H17NO4/c1-2-9-17-14(18)10-21-15-12-6-4-3-5-11(12)7-8-13(15)16(19)20/h3-8H,2,9-10H2,1H3,(H,17,18)(H,19,20). The van der Waals surface area contributed by atoms with Gasteiger partial charge in [0.15, 0.2) is 6.61 Å². The molecule has 0 saturated carbocycles. The minimum absolute atomic E-state index is 0.0528. The van der Waals surface area contributed by atoms with Crippen LogP contribution in [0, 0.1) is 0 Å². The lowest BCUT2D eigenvalue weighted by Crippen LogP contribution is -2.29. The zero-order valence-corrected chi connectivity index (χ0v) is 11.8. The van der Waals surface area contributed by atoms with Crippen molar-refractivity contribution in [3.63, 3.8) is 0 Å². The summed E-state index contributed by atoms with van der Waals surface area (Å²) in [6, 6.07) is 10.5. The molecular formula is C16H17NO4. The van der Waals surface area contributed by atoms with Crippen LogP contribution in [0.15, 0.2) is 36.4 Å². The highest BCUT2D eigenvalue weighted by Gasteiger charge is 2.15. The van der Waals surface area contributed by atoms with E-state index in [1.54, 1.807) is 18.2 Å². The monoisotopic (exact) mass is 287 g/mol. The number of hydrogen-bond donors (Lipinski definition) is 2. The van der Waals surface area contributed by atoms with E-state index in [1.165, 1.54) is 6.07 Å². The number of nitrogens with one attached hydrogen (secondary N) is 1. The lowest BCUT2D eigenvalue weighted by atomic mass is 10.1. The Morgan fingerprint density at radius 1 is 1.19 bits per heavy atom. The Kier molecular flexibility index (Phi) is 4.77. The second-order valence-corrected chi connectivity index (χ2v) is 4.61. The maximum atomic E-state index is 11.6. The average Bonchev–Trinajstić information content (AvgIpc) is 2.50. The van der Waals surface area contributed by atoms with Gasteiger partial charge in [-0.1, -0.05) is 37.3 Å². The van der Waals surface area contributed by atoms with Crippen LogP contribution in [-0.4, -0.2) is 30.1 Å². The predicted octanol–water partition coefficient (Wildman–Crippen LogP) is 2.44. The quantitative estimate of drug-likeness (QED) is 0.855. The van der Waals surface area contributed by atoms with E-state index in [9.17, 15) is 14.7 Å². The van der Waals surface area contributed by atoms with Gasteiger partial charge in [0.2, 0.25) is 0 Å². The highest BCUT2D eigenvalue weighted by Crippen LogP contribution is 2.29. The summed E-state index contributed by atoms with van der Waals surface area (Å²) in [6.45, 7) is 2.33. The molecule has 2 rings (SSSR count). The minimum atomic E-state index is -1.08. The summed E-state index contributed by atoms with van der Waals surface area (Å²) in [5, 5.41) is 13.5. The van der Waals surface area contributed by atoms with Crippen molar-refractivity contribution in [2.75, 3.05) is 13.2 Å². The molecule has 2 aromatic carbocycles. The number of amides is 1. The second-order valence-electron chi connectivity index (χ2n) is 4.61. The molecule has 0 fully saturated rings. The molecule has 0 aliphatic rings. The summed E-state index contributed by atoms with van der Waals surface area (Å²) < 4.78 is 5.48. The largest absolute Gasteiger partial charge is 0.482 e. The molecule has 0 aliphatic carbocycles. The van der Waals surface area contributed by atoms with Crippen LogP contribution in [0.5, 0.6) is 5.75 Å². The fraction of sp³-hybridized carbons (Fsp3) is 0.250. The van der Waals surface area contributed by atoms with Crippen molar-refractivity contribution in [3.8, 4) is 5.75 Å². The summed E-state index contributed by atoms with van der Waals surface area (Å²) in [5.74, 6) is -1.11. The third-order valence-electron chi connectivity index (χ3n) is 3.03. The highest BCUT2D eigenvalue weighted by atomic mass is 16.5. The number of rotatable bonds is 6. The molecule has 0 bridgehead atoms. The Balaban J connectivity index is 2.29. The van der Waals surface area contributed by atoms with Gasteiger partial charge in [-0.15, -0.1) is 0 Å². The van der Waals surface area contributed by atoms with E-state index in [0.29, 0.717) is 11.9 Å². The lowest BCUT2D eigenvalue weighted by molar-refractivity contribution is -0.123. The fourth-order valence-electron chi connectivity index (χ4n) is 2.02. The van der Waals surface area contributed by atoms with Gasteiger partial charge in [0.1, 0.15) is 11.3 Å². The number of carboxylic acids is 1. The van der Waals surface area contributed by atoms with Gasteiger partial charge in [-0.05, 0) is 17.9 Å². The van der Waals surface area contributed by atoms with Crippen molar-refractivity contribution in [1.82, 2.24) is 5.32 Å². The Morgan fingerprint density at radius 3 is 2.67 bits per heavy atom. The van der Waals surface area contributed by atoms with E-state index in [-0.39, 0.29) is 23.8 Å². The predicted molar refractivity (Wildman–Crippen MR) is 79.7 cm³/mol. The van der Waals surface area contributed by atoms with Gasteiger partial charge in [-0.25, -0.2) is 4.79 Å². The summed E-state index contributed by atoms with van der Waals surface area (Å²) in [7, 11) is 0. The number of carbonyl (C=O) groups excluding carboxylic acids is 1. The molecule has 2 aromatic rings. The van der Waals surface area contributed by atoms with E-state index in [4.69, 9.17) is 4.74 Å².